The molecule has 0 saturated carbocycles. The van der Waals surface area contributed by atoms with E-state index in [-0.39, 0.29) is 22.1 Å². The van der Waals surface area contributed by atoms with Crippen LogP contribution in [-0.4, -0.2) is 28.9 Å². The van der Waals surface area contributed by atoms with Crippen LogP contribution in [0.3, 0.4) is 0 Å². The summed E-state index contributed by atoms with van der Waals surface area (Å²) in [6, 6.07) is 13.1. The van der Waals surface area contributed by atoms with Gasteiger partial charge in [-0.05, 0) is 47.5 Å². The molecule has 154 valence electrons. The van der Waals surface area contributed by atoms with Crippen LogP contribution in [0.5, 0.6) is 11.5 Å². The molecule has 3 aromatic rings. The Morgan fingerprint density at radius 1 is 1.23 bits per heavy atom. The fourth-order valence-electron chi connectivity index (χ4n) is 2.67. The number of hydrogen-bond acceptors (Lipinski definition) is 5. The second-order valence-electron chi connectivity index (χ2n) is 6.23. The van der Waals surface area contributed by atoms with Gasteiger partial charge in [0.2, 0.25) is 0 Å². The van der Waals surface area contributed by atoms with Gasteiger partial charge in [-0.15, -0.1) is 0 Å². The maximum absolute atomic E-state index is 12.6. The summed E-state index contributed by atoms with van der Waals surface area (Å²) in [6.45, 7) is 0.298. The molecule has 0 unspecified atom stereocenters. The van der Waals surface area contributed by atoms with Gasteiger partial charge < -0.3 is 14.4 Å². The van der Waals surface area contributed by atoms with E-state index in [9.17, 15) is 14.7 Å². The Morgan fingerprint density at radius 2 is 1.97 bits per heavy atom. The molecule has 3 rings (SSSR count). The first-order chi connectivity index (χ1) is 14.4. The van der Waals surface area contributed by atoms with Crippen molar-refractivity contribution < 1.29 is 14.6 Å². The number of aromatic hydroxyl groups is 1. The number of amides is 1. The Kier molecular flexibility index (Phi) is 6.76. The molecule has 7 nitrogen and oxygen atoms in total. The maximum Gasteiger partial charge on any atom is 0.276 e. The van der Waals surface area contributed by atoms with Crippen LogP contribution in [0.15, 0.2) is 64.6 Å². The molecule has 0 atom stereocenters. The highest BCUT2D eigenvalue weighted by Gasteiger charge is 2.12. The molecule has 1 heterocycles. The largest absolute Gasteiger partial charge is 0.503 e. The third-order valence-electron chi connectivity index (χ3n) is 4.18. The SMILES string of the molecule is COc1cc(/C=N\NC(=O)c2cccn(Cc3ccc(Cl)cc3)c2=O)cc(Cl)c1O. The number of ether oxygens (including phenoxy) is 1. The molecule has 9 heteroatoms. The molecule has 2 aromatic carbocycles. The summed E-state index contributed by atoms with van der Waals surface area (Å²) in [5.41, 5.74) is 3.17. The lowest BCUT2D eigenvalue weighted by atomic mass is 10.2. The number of halogens is 2. The molecule has 0 aliphatic carbocycles. The van der Waals surface area contributed by atoms with E-state index in [2.05, 4.69) is 10.5 Å². The molecule has 1 aromatic heterocycles. The summed E-state index contributed by atoms with van der Waals surface area (Å²) in [5, 5.41) is 14.3. The van der Waals surface area contributed by atoms with Crippen molar-refractivity contribution in [3.8, 4) is 11.5 Å². The molecule has 0 saturated heterocycles. The zero-order chi connectivity index (χ0) is 21.7. The molecule has 1 amide bonds. The molecular formula is C21H17Cl2N3O4. The fourth-order valence-corrected chi connectivity index (χ4v) is 3.02. The second kappa shape index (κ2) is 9.47. The number of nitrogens with zero attached hydrogens (tertiary/aromatic N) is 2. The van der Waals surface area contributed by atoms with Crippen molar-refractivity contribution in [3.63, 3.8) is 0 Å². The number of aromatic nitrogens is 1. The number of hydrazone groups is 1. The predicted molar refractivity (Wildman–Crippen MR) is 116 cm³/mol. The molecular weight excluding hydrogens is 429 g/mol. The van der Waals surface area contributed by atoms with Crippen molar-refractivity contribution in [2.75, 3.05) is 7.11 Å². The van der Waals surface area contributed by atoms with Crippen LogP contribution < -0.4 is 15.7 Å². The van der Waals surface area contributed by atoms with Crippen LogP contribution >= 0.6 is 23.2 Å². The number of methoxy groups -OCH3 is 1. The average Bonchev–Trinajstić information content (AvgIpc) is 2.73. The van der Waals surface area contributed by atoms with Crippen molar-refractivity contribution in [1.82, 2.24) is 9.99 Å². The molecule has 0 fully saturated rings. The smallest absolute Gasteiger partial charge is 0.276 e. The predicted octanol–water partition coefficient (Wildman–Crippen LogP) is 3.68. The number of nitrogens with one attached hydrogen (secondary N) is 1. The quantitative estimate of drug-likeness (QED) is 0.446. The first-order valence-corrected chi connectivity index (χ1v) is 9.48. The van der Waals surface area contributed by atoms with E-state index in [1.807, 2.05) is 12.1 Å². The van der Waals surface area contributed by atoms with Gasteiger partial charge in [-0.1, -0.05) is 35.3 Å². The first kappa shape index (κ1) is 21.4. The number of hydrogen-bond donors (Lipinski definition) is 2. The molecule has 0 aliphatic rings. The van der Waals surface area contributed by atoms with Crippen molar-refractivity contribution in [3.05, 3.63) is 91.8 Å². The number of phenolic OH excluding ortho intramolecular Hbond substituents is 1. The Bertz CT molecular complexity index is 1160. The van der Waals surface area contributed by atoms with E-state index in [1.54, 1.807) is 24.4 Å². The zero-order valence-electron chi connectivity index (χ0n) is 15.8. The van der Waals surface area contributed by atoms with Gasteiger partial charge in [0.15, 0.2) is 11.5 Å². The van der Waals surface area contributed by atoms with Crippen LogP contribution in [0.1, 0.15) is 21.5 Å². The molecule has 30 heavy (non-hydrogen) atoms. The van der Waals surface area contributed by atoms with E-state index in [1.165, 1.54) is 36.1 Å². The number of carbonyl (C=O) groups is 1. The first-order valence-electron chi connectivity index (χ1n) is 8.73. The Hall–Kier alpha value is -3.29. The minimum Gasteiger partial charge on any atom is -0.503 e. The zero-order valence-corrected chi connectivity index (χ0v) is 17.3. The van der Waals surface area contributed by atoms with Gasteiger partial charge in [-0.2, -0.15) is 5.10 Å². The van der Waals surface area contributed by atoms with E-state index < -0.39 is 11.5 Å². The minimum absolute atomic E-state index is 0.0510. The van der Waals surface area contributed by atoms with Crippen LogP contribution in [0.4, 0.5) is 0 Å². The normalized spacial score (nSPS) is 10.9. The summed E-state index contributed by atoms with van der Waals surface area (Å²) in [4.78, 5) is 25.0. The average molecular weight is 446 g/mol. The monoisotopic (exact) mass is 445 g/mol. The summed E-state index contributed by atoms with van der Waals surface area (Å²) in [7, 11) is 1.39. The van der Waals surface area contributed by atoms with Gasteiger partial charge in [0.25, 0.3) is 11.5 Å². The van der Waals surface area contributed by atoms with Crippen molar-refractivity contribution in [2.24, 2.45) is 5.10 Å². The number of rotatable bonds is 6. The van der Waals surface area contributed by atoms with E-state index >= 15 is 0 Å². The number of carbonyl (C=O) groups excluding carboxylic acids is 1. The van der Waals surface area contributed by atoms with Gasteiger partial charge in [0.05, 0.1) is 24.9 Å². The number of benzene rings is 2. The van der Waals surface area contributed by atoms with Crippen molar-refractivity contribution >= 4 is 35.3 Å². The Morgan fingerprint density at radius 3 is 2.67 bits per heavy atom. The summed E-state index contributed by atoms with van der Waals surface area (Å²) < 4.78 is 6.44. The second-order valence-corrected chi connectivity index (χ2v) is 7.08. The van der Waals surface area contributed by atoms with Gasteiger partial charge >= 0.3 is 0 Å². The fraction of sp³-hybridized carbons (Fsp3) is 0.0952. The third-order valence-corrected chi connectivity index (χ3v) is 4.72. The minimum atomic E-state index is -0.654. The highest BCUT2D eigenvalue weighted by Crippen LogP contribution is 2.34. The van der Waals surface area contributed by atoms with Crippen molar-refractivity contribution in [1.29, 1.82) is 0 Å². The lowest BCUT2D eigenvalue weighted by Gasteiger charge is -2.08. The number of phenols is 1. The van der Waals surface area contributed by atoms with E-state index in [4.69, 9.17) is 27.9 Å². The molecule has 0 bridgehead atoms. The van der Waals surface area contributed by atoms with Gasteiger partial charge in [-0.3, -0.25) is 9.59 Å². The van der Waals surface area contributed by atoms with Crippen LogP contribution in [-0.2, 0) is 6.54 Å². The third kappa shape index (κ3) is 5.00. The van der Waals surface area contributed by atoms with Crippen LogP contribution in [0.25, 0.3) is 0 Å². The van der Waals surface area contributed by atoms with Gasteiger partial charge in [-0.25, -0.2) is 5.43 Å². The summed E-state index contributed by atoms with van der Waals surface area (Å²) in [5.74, 6) is -0.673. The summed E-state index contributed by atoms with van der Waals surface area (Å²) in [6.07, 6.45) is 2.92. The molecule has 0 radical (unpaired) electrons. The Labute approximate surface area is 182 Å². The lowest BCUT2D eigenvalue weighted by molar-refractivity contribution is 0.0953. The highest BCUT2D eigenvalue weighted by atomic mass is 35.5. The lowest BCUT2D eigenvalue weighted by Crippen LogP contribution is -2.30. The topological polar surface area (TPSA) is 92.9 Å². The molecule has 0 aliphatic heterocycles. The highest BCUT2D eigenvalue weighted by molar-refractivity contribution is 6.32. The Balaban J connectivity index is 1.74. The van der Waals surface area contributed by atoms with Crippen LogP contribution in [0, 0.1) is 0 Å². The van der Waals surface area contributed by atoms with E-state index in [0.717, 1.165) is 5.56 Å². The van der Waals surface area contributed by atoms with Gasteiger partial charge in [0, 0.05) is 11.2 Å². The van der Waals surface area contributed by atoms with E-state index in [0.29, 0.717) is 17.1 Å². The number of pyridine rings is 1. The standard InChI is InChI=1S/C21H17Cl2N3O4/c1-30-18-10-14(9-17(23)19(18)27)11-24-25-20(28)16-3-2-8-26(21(16)29)12-13-4-6-15(22)7-5-13/h2-11,27H,12H2,1H3,(H,25,28)/b24-11-. The maximum atomic E-state index is 12.6. The van der Waals surface area contributed by atoms with Gasteiger partial charge in [0.1, 0.15) is 5.56 Å². The molecule has 2 N–H and O–H groups in total. The van der Waals surface area contributed by atoms with Crippen LogP contribution in [0.2, 0.25) is 10.0 Å². The summed E-state index contributed by atoms with van der Waals surface area (Å²) >= 11 is 11.8. The molecule has 0 spiro atoms. The van der Waals surface area contributed by atoms with Crippen molar-refractivity contribution in [2.45, 2.75) is 6.54 Å².